The fraction of sp³-hybridized carbons (Fsp3) is 0.542. The average Bonchev–Trinajstić information content (AvgIpc) is 3.27. The lowest BCUT2D eigenvalue weighted by Crippen LogP contribution is -2.44. The zero-order valence-electron chi connectivity index (χ0n) is 19.7. The summed E-state index contributed by atoms with van der Waals surface area (Å²) in [6.45, 7) is 7.59. The number of thiophene rings is 1. The highest BCUT2D eigenvalue weighted by molar-refractivity contribution is 7.89. The van der Waals surface area contributed by atoms with Gasteiger partial charge in [-0.3, -0.25) is 4.79 Å². The van der Waals surface area contributed by atoms with Gasteiger partial charge in [0.2, 0.25) is 15.9 Å². The number of sulfonamides is 1. The fourth-order valence-corrected chi connectivity index (χ4v) is 6.39. The number of hydrogen-bond donors (Lipinski definition) is 1. The smallest absolute Gasteiger partial charge is 0.243 e. The third-order valence-electron chi connectivity index (χ3n) is 6.15. The Balaban J connectivity index is 1.56. The van der Waals surface area contributed by atoms with Crippen LogP contribution in [0.4, 0.5) is 0 Å². The lowest BCUT2D eigenvalue weighted by atomic mass is 9.87. The minimum Gasteiger partial charge on any atom is -0.354 e. The van der Waals surface area contributed by atoms with E-state index >= 15 is 0 Å². The van der Waals surface area contributed by atoms with E-state index in [0.29, 0.717) is 37.4 Å². The first-order valence-corrected chi connectivity index (χ1v) is 13.4. The van der Waals surface area contributed by atoms with Gasteiger partial charge in [0, 0.05) is 30.4 Å². The second-order valence-electron chi connectivity index (χ2n) is 9.69. The molecule has 176 valence electrons. The van der Waals surface area contributed by atoms with E-state index in [2.05, 4.69) is 37.1 Å². The first-order valence-electron chi connectivity index (χ1n) is 11.1. The van der Waals surface area contributed by atoms with E-state index in [0.717, 1.165) is 5.56 Å². The molecule has 0 saturated carbocycles. The first kappa shape index (κ1) is 24.9. The van der Waals surface area contributed by atoms with Crippen molar-refractivity contribution >= 4 is 27.3 Å². The second kappa shape index (κ2) is 10.0. The van der Waals surface area contributed by atoms with Crippen molar-refractivity contribution in [3.05, 3.63) is 52.2 Å². The predicted molar refractivity (Wildman–Crippen MR) is 130 cm³/mol. The highest BCUT2D eigenvalue weighted by Gasteiger charge is 2.32. The third-order valence-corrected chi connectivity index (χ3v) is 9.03. The minimum atomic E-state index is -3.54. The van der Waals surface area contributed by atoms with Crippen LogP contribution in [0.3, 0.4) is 0 Å². The Morgan fingerprint density at radius 3 is 2.28 bits per heavy atom. The summed E-state index contributed by atoms with van der Waals surface area (Å²) < 4.78 is 27.6. The van der Waals surface area contributed by atoms with Crippen LogP contribution in [0.2, 0.25) is 0 Å². The number of carbonyl (C=O) groups excluding carboxylic acids is 1. The molecular formula is C24H35N3O3S2. The van der Waals surface area contributed by atoms with E-state index in [9.17, 15) is 13.2 Å². The summed E-state index contributed by atoms with van der Waals surface area (Å²) >= 11 is 1.68. The van der Waals surface area contributed by atoms with Crippen molar-refractivity contribution in [2.24, 2.45) is 5.92 Å². The van der Waals surface area contributed by atoms with Gasteiger partial charge in [-0.15, -0.1) is 11.3 Å². The molecule has 3 rings (SSSR count). The molecule has 1 fully saturated rings. The van der Waals surface area contributed by atoms with E-state index in [4.69, 9.17) is 0 Å². The number of carbonyl (C=O) groups is 1. The Morgan fingerprint density at radius 1 is 1.16 bits per heavy atom. The molecule has 32 heavy (non-hydrogen) atoms. The second-order valence-corrected chi connectivity index (χ2v) is 12.6. The highest BCUT2D eigenvalue weighted by Crippen LogP contribution is 2.28. The monoisotopic (exact) mass is 477 g/mol. The van der Waals surface area contributed by atoms with Gasteiger partial charge in [-0.2, -0.15) is 4.31 Å². The minimum absolute atomic E-state index is 0.0139. The Kier molecular flexibility index (Phi) is 7.81. The number of nitrogens with one attached hydrogen (secondary N) is 1. The van der Waals surface area contributed by atoms with E-state index in [1.807, 2.05) is 37.7 Å². The van der Waals surface area contributed by atoms with E-state index in [-0.39, 0.29) is 23.3 Å². The largest absolute Gasteiger partial charge is 0.354 e. The average molecular weight is 478 g/mol. The Hall–Kier alpha value is -1.74. The number of hydrogen-bond acceptors (Lipinski definition) is 5. The van der Waals surface area contributed by atoms with Crippen molar-refractivity contribution in [2.75, 3.05) is 33.7 Å². The Labute approximate surface area is 196 Å². The number of likely N-dealkylation sites (N-methyl/N-ethyl adjacent to an activating group) is 1. The molecule has 1 saturated heterocycles. The van der Waals surface area contributed by atoms with E-state index in [1.54, 1.807) is 23.5 Å². The van der Waals surface area contributed by atoms with Gasteiger partial charge >= 0.3 is 0 Å². The Bertz CT molecular complexity index is 986. The number of nitrogens with zero attached hydrogens (tertiary/aromatic N) is 2. The van der Waals surface area contributed by atoms with Crippen molar-refractivity contribution in [3.8, 4) is 0 Å². The maximum absolute atomic E-state index is 13.1. The summed E-state index contributed by atoms with van der Waals surface area (Å²) in [6.07, 6.45) is 1.08. The molecule has 0 bridgehead atoms. The van der Waals surface area contributed by atoms with Crippen LogP contribution in [-0.4, -0.2) is 57.3 Å². The van der Waals surface area contributed by atoms with Gasteiger partial charge in [-0.05, 0) is 61.5 Å². The number of piperidine rings is 1. The van der Waals surface area contributed by atoms with Crippen LogP contribution in [0, 0.1) is 5.92 Å². The molecular weight excluding hydrogens is 442 g/mol. The van der Waals surface area contributed by atoms with Crippen molar-refractivity contribution in [3.63, 3.8) is 0 Å². The van der Waals surface area contributed by atoms with Crippen LogP contribution >= 0.6 is 11.3 Å². The fourth-order valence-electron chi connectivity index (χ4n) is 3.99. The molecule has 1 aromatic carbocycles. The zero-order chi connectivity index (χ0) is 23.5. The molecule has 8 heteroatoms. The standard InChI is InChI=1S/C24H35N3O3S2/c1-24(2,3)19-8-10-20(11-9-19)32(29,30)27-14-12-18(13-15-27)23(28)25-17-21(26(4)5)22-7-6-16-31-22/h6-11,16,18,21H,12-15,17H2,1-5H3,(H,25,28). The lowest BCUT2D eigenvalue weighted by molar-refractivity contribution is -0.126. The van der Waals surface area contributed by atoms with Gasteiger partial charge < -0.3 is 10.2 Å². The van der Waals surface area contributed by atoms with Gasteiger partial charge in [0.05, 0.1) is 10.9 Å². The van der Waals surface area contributed by atoms with Crippen molar-refractivity contribution < 1.29 is 13.2 Å². The van der Waals surface area contributed by atoms with Crippen molar-refractivity contribution in [1.82, 2.24) is 14.5 Å². The summed E-state index contributed by atoms with van der Waals surface area (Å²) in [6, 6.07) is 11.4. The molecule has 6 nitrogen and oxygen atoms in total. The summed E-state index contributed by atoms with van der Waals surface area (Å²) in [7, 11) is 0.472. The Morgan fingerprint density at radius 2 is 1.78 bits per heavy atom. The molecule has 0 spiro atoms. The van der Waals surface area contributed by atoms with Crippen LogP contribution in [0.15, 0.2) is 46.7 Å². The molecule has 2 heterocycles. The summed E-state index contributed by atoms with van der Waals surface area (Å²) in [5.74, 6) is -0.143. The van der Waals surface area contributed by atoms with Crippen molar-refractivity contribution in [1.29, 1.82) is 0 Å². The van der Waals surface area contributed by atoms with E-state index < -0.39 is 10.0 Å². The molecule has 1 aliphatic heterocycles. The molecule has 2 aromatic rings. The van der Waals surface area contributed by atoms with Gasteiger partial charge in [0.1, 0.15) is 0 Å². The molecule has 1 aliphatic rings. The van der Waals surface area contributed by atoms with Gasteiger partial charge in [0.25, 0.3) is 0 Å². The van der Waals surface area contributed by atoms with Crippen LogP contribution < -0.4 is 5.32 Å². The van der Waals surface area contributed by atoms with E-state index in [1.165, 1.54) is 9.18 Å². The predicted octanol–water partition coefficient (Wildman–Crippen LogP) is 3.87. The maximum atomic E-state index is 13.1. The molecule has 0 radical (unpaired) electrons. The SMILES string of the molecule is CN(C)C(CNC(=O)C1CCN(S(=O)(=O)c2ccc(C(C)(C)C)cc2)CC1)c1cccs1. The van der Waals surface area contributed by atoms with Crippen LogP contribution in [0.25, 0.3) is 0 Å². The third kappa shape index (κ3) is 5.78. The quantitative estimate of drug-likeness (QED) is 0.657. The molecule has 1 aromatic heterocycles. The summed E-state index contributed by atoms with van der Waals surface area (Å²) in [5, 5.41) is 5.13. The van der Waals surface area contributed by atoms with Gasteiger partial charge in [-0.25, -0.2) is 8.42 Å². The number of rotatable bonds is 7. The van der Waals surface area contributed by atoms with Crippen LogP contribution in [-0.2, 0) is 20.2 Å². The summed E-state index contributed by atoms with van der Waals surface area (Å²) in [5.41, 5.74) is 1.08. The number of benzene rings is 1. The molecule has 1 N–H and O–H groups in total. The van der Waals surface area contributed by atoms with Crippen LogP contribution in [0.5, 0.6) is 0 Å². The molecule has 0 aliphatic carbocycles. The normalized spacial score (nSPS) is 17.4. The van der Waals surface area contributed by atoms with Gasteiger partial charge in [0.15, 0.2) is 0 Å². The molecule has 1 atom stereocenters. The van der Waals surface area contributed by atoms with Crippen LogP contribution in [0.1, 0.15) is 50.1 Å². The topological polar surface area (TPSA) is 69.7 Å². The maximum Gasteiger partial charge on any atom is 0.243 e. The lowest BCUT2D eigenvalue weighted by Gasteiger charge is -2.31. The summed E-state index contributed by atoms with van der Waals surface area (Å²) in [4.78, 5) is 16.4. The number of amides is 1. The van der Waals surface area contributed by atoms with Gasteiger partial charge in [-0.1, -0.05) is 39.0 Å². The zero-order valence-corrected chi connectivity index (χ0v) is 21.3. The first-order chi connectivity index (χ1) is 15.0. The molecule has 1 amide bonds. The highest BCUT2D eigenvalue weighted by atomic mass is 32.2. The van der Waals surface area contributed by atoms with Crippen molar-refractivity contribution in [2.45, 2.75) is 50.0 Å². The molecule has 1 unspecified atom stereocenters.